The highest BCUT2D eigenvalue weighted by atomic mass is 16.2. The standard InChI is InChI=1S/C15H22N2O/c18-15(14-10-4-5-11-16-14)17-12-6-9-13-7-2-1-3-8-13/h1-3,7-8,14,16H,4-6,9-12H2,(H,17,18)/t14-/m0/s1. The molecule has 3 heteroatoms. The molecule has 0 bridgehead atoms. The molecule has 2 rings (SSSR count). The summed E-state index contributed by atoms with van der Waals surface area (Å²) >= 11 is 0. The number of hydrogen-bond donors (Lipinski definition) is 2. The van der Waals surface area contributed by atoms with Crippen molar-refractivity contribution in [1.82, 2.24) is 10.6 Å². The van der Waals surface area contributed by atoms with Gasteiger partial charge < -0.3 is 10.6 Å². The van der Waals surface area contributed by atoms with Gasteiger partial charge in [0.1, 0.15) is 0 Å². The van der Waals surface area contributed by atoms with E-state index in [0.717, 1.165) is 38.8 Å². The largest absolute Gasteiger partial charge is 0.355 e. The molecule has 1 saturated heterocycles. The highest BCUT2D eigenvalue weighted by Crippen LogP contribution is 2.07. The van der Waals surface area contributed by atoms with Crippen molar-refractivity contribution in [3.05, 3.63) is 35.9 Å². The Bertz CT molecular complexity index is 358. The number of nitrogens with one attached hydrogen (secondary N) is 2. The van der Waals surface area contributed by atoms with E-state index < -0.39 is 0 Å². The normalized spacial score (nSPS) is 19.4. The van der Waals surface area contributed by atoms with E-state index in [-0.39, 0.29) is 11.9 Å². The monoisotopic (exact) mass is 246 g/mol. The van der Waals surface area contributed by atoms with Crippen LogP contribution >= 0.6 is 0 Å². The number of carbonyl (C=O) groups is 1. The molecule has 1 aromatic carbocycles. The summed E-state index contributed by atoms with van der Waals surface area (Å²) in [7, 11) is 0. The van der Waals surface area contributed by atoms with Gasteiger partial charge in [0.2, 0.25) is 5.91 Å². The molecule has 0 spiro atoms. The molecule has 0 aliphatic carbocycles. The van der Waals surface area contributed by atoms with Crippen LogP contribution in [-0.4, -0.2) is 25.0 Å². The molecule has 0 unspecified atom stereocenters. The van der Waals surface area contributed by atoms with Crippen LogP contribution in [0.5, 0.6) is 0 Å². The number of aryl methyl sites for hydroxylation is 1. The quantitative estimate of drug-likeness (QED) is 0.779. The summed E-state index contributed by atoms with van der Waals surface area (Å²) in [6.45, 7) is 1.74. The molecule has 1 atom stereocenters. The van der Waals surface area contributed by atoms with Crippen molar-refractivity contribution in [3.8, 4) is 0 Å². The molecule has 3 nitrogen and oxygen atoms in total. The lowest BCUT2D eigenvalue weighted by Gasteiger charge is -2.22. The summed E-state index contributed by atoms with van der Waals surface area (Å²) in [6, 6.07) is 10.4. The highest BCUT2D eigenvalue weighted by Gasteiger charge is 2.19. The fourth-order valence-corrected chi connectivity index (χ4v) is 2.35. The van der Waals surface area contributed by atoms with Crippen molar-refractivity contribution in [1.29, 1.82) is 0 Å². The fraction of sp³-hybridized carbons (Fsp3) is 0.533. The SMILES string of the molecule is O=C(NCCCc1ccccc1)[C@@H]1CCCCN1. The van der Waals surface area contributed by atoms with Crippen LogP contribution in [0.2, 0.25) is 0 Å². The Morgan fingerprint density at radius 2 is 2.11 bits per heavy atom. The van der Waals surface area contributed by atoms with Crippen LogP contribution < -0.4 is 10.6 Å². The molecular formula is C15H22N2O. The number of amides is 1. The van der Waals surface area contributed by atoms with Crippen molar-refractivity contribution in [3.63, 3.8) is 0 Å². The van der Waals surface area contributed by atoms with Gasteiger partial charge in [-0.15, -0.1) is 0 Å². The van der Waals surface area contributed by atoms with E-state index in [1.165, 1.54) is 12.0 Å². The summed E-state index contributed by atoms with van der Waals surface area (Å²) in [6.07, 6.45) is 5.36. The average Bonchev–Trinajstić information content (AvgIpc) is 2.45. The zero-order valence-electron chi connectivity index (χ0n) is 10.8. The van der Waals surface area contributed by atoms with Gasteiger partial charge >= 0.3 is 0 Å². The second kappa shape index (κ2) is 7.17. The predicted octanol–water partition coefficient (Wildman–Crippen LogP) is 1.88. The maximum absolute atomic E-state index is 11.8. The van der Waals surface area contributed by atoms with Crippen LogP contribution in [0.1, 0.15) is 31.2 Å². The lowest BCUT2D eigenvalue weighted by atomic mass is 10.0. The molecule has 1 aliphatic heterocycles. The Kier molecular flexibility index (Phi) is 5.21. The van der Waals surface area contributed by atoms with Crippen LogP contribution in [0.15, 0.2) is 30.3 Å². The maximum Gasteiger partial charge on any atom is 0.237 e. The van der Waals surface area contributed by atoms with Gasteiger partial charge in [0.05, 0.1) is 6.04 Å². The van der Waals surface area contributed by atoms with Crippen LogP contribution in [0.25, 0.3) is 0 Å². The summed E-state index contributed by atoms with van der Waals surface area (Å²) in [5.41, 5.74) is 1.34. The zero-order valence-corrected chi connectivity index (χ0v) is 10.8. The van der Waals surface area contributed by atoms with Gasteiger partial charge in [-0.1, -0.05) is 36.8 Å². The Labute approximate surface area is 109 Å². The molecule has 0 radical (unpaired) electrons. The van der Waals surface area contributed by atoms with Crippen molar-refractivity contribution in [2.24, 2.45) is 0 Å². The zero-order chi connectivity index (χ0) is 12.6. The van der Waals surface area contributed by atoms with Gasteiger partial charge in [-0.3, -0.25) is 4.79 Å². The maximum atomic E-state index is 11.8. The fourth-order valence-electron chi connectivity index (χ4n) is 2.35. The van der Waals surface area contributed by atoms with Gasteiger partial charge in [0, 0.05) is 6.54 Å². The molecule has 0 aromatic heterocycles. The van der Waals surface area contributed by atoms with Crippen molar-refractivity contribution in [2.45, 2.75) is 38.1 Å². The number of benzene rings is 1. The molecule has 1 aliphatic rings. The van der Waals surface area contributed by atoms with E-state index in [1.807, 2.05) is 6.07 Å². The first-order valence-corrected chi connectivity index (χ1v) is 6.91. The van der Waals surface area contributed by atoms with Gasteiger partial charge in [-0.2, -0.15) is 0 Å². The smallest absolute Gasteiger partial charge is 0.237 e. The molecule has 18 heavy (non-hydrogen) atoms. The summed E-state index contributed by atoms with van der Waals surface area (Å²) < 4.78 is 0. The lowest BCUT2D eigenvalue weighted by molar-refractivity contribution is -0.123. The van der Waals surface area contributed by atoms with E-state index in [9.17, 15) is 4.79 Å². The predicted molar refractivity (Wildman–Crippen MR) is 73.4 cm³/mol. The first-order valence-electron chi connectivity index (χ1n) is 6.91. The van der Waals surface area contributed by atoms with Crippen LogP contribution in [0.4, 0.5) is 0 Å². The first kappa shape index (κ1) is 13.1. The van der Waals surface area contributed by atoms with Gasteiger partial charge in [0.15, 0.2) is 0 Å². The van der Waals surface area contributed by atoms with Gasteiger partial charge in [-0.05, 0) is 37.8 Å². The molecule has 1 heterocycles. The third-order valence-electron chi connectivity index (χ3n) is 3.41. The minimum atomic E-state index is 0.0375. The Hall–Kier alpha value is -1.35. The Balaban J connectivity index is 1.61. The number of piperidine rings is 1. The second-order valence-corrected chi connectivity index (χ2v) is 4.88. The molecule has 98 valence electrons. The van der Waals surface area contributed by atoms with Crippen LogP contribution in [0, 0.1) is 0 Å². The number of carbonyl (C=O) groups excluding carboxylic acids is 1. The molecular weight excluding hydrogens is 224 g/mol. The van der Waals surface area contributed by atoms with Crippen molar-refractivity contribution in [2.75, 3.05) is 13.1 Å². The van der Waals surface area contributed by atoms with Crippen LogP contribution in [-0.2, 0) is 11.2 Å². The summed E-state index contributed by atoms with van der Waals surface area (Å²) in [5, 5.41) is 6.29. The van der Waals surface area contributed by atoms with Crippen molar-refractivity contribution < 1.29 is 4.79 Å². The Morgan fingerprint density at radius 3 is 2.83 bits per heavy atom. The average molecular weight is 246 g/mol. The number of rotatable bonds is 5. The molecule has 1 fully saturated rings. The number of hydrogen-bond acceptors (Lipinski definition) is 2. The summed E-state index contributed by atoms with van der Waals surface area (Å²) in [5.74, 6) is 0.169. The Morgan fingerprint density at radius 1 is 1.28 bits per heavy atom. The van der Waals surface area contributed by atoms with Crippen molar-refractivity contribution >= 4 is 5.91 Å². The molecule has 1 amide bonds. The third kappa shape index (κ3) is 4.15. The van der Waals surface area contributed by atoms with Gasteiger partial charge in [-0.25, -0.2) is 0 Å². The van der Waals surface area contributed by atoms with E-state index in [0.29, 0.717) is 0 Å². The van der Waals surface area contributed by atoms with E-state index in [4.69, 9.17) is 0 Å². The lowest BCUT2D eigenvalue weighted by Crippen LogP contribution is -2.46. The first-order chi connectivity index (χ1) is 8.86. The topological polar surface area (TPSA) is 41.1 Å². The molecule has 2 N–H and O–H groups in total. The molecule has 1 aromatic rings. The van der Waals surface area contributed by atoms with Gasteiger partial charge in [0.25, 0.3) is 0 Å². The van der Waals surface area contributed by atoms with E-state index in [1.54, 1.807) is 0 Å². The van der Waals surface area contributed by atoms with E-state index in [2.05, 4.69) is 34.9 Å². The van der Waals surface area contributed by atoms with E-state index >= 15 is 0 Å². The highest BCUT2D eigenvalue weighted by molar-refractivity contribution is 5.81. The second-order valence-electron chi connectivity index (χ2n) is 4.88. The minimum absolute atomic E-state index is 0.0375. The minimum Gasteiger partial charge on any atom is -0.355 e. The third-order valence-corrected chi connectivity index (χ3v) is 3.41. The molecule has 0 saturated carbocycles. The summed E-state index contributed by atoms with van der Waals surface area (Å²) in [4.78, 5) is 11.8. The van der Waals surface area contributed by atoms with Crippen LogP contribution in [0.3, 0.4) is 0 Å².